The quantitative estimate of drug-likeness (QED) is 0.483. The van der Waals surface area contributed by atoms with Crippen LogP contribution in [0.3, 0.4) is 0 Å². The lowest BCUT2D eigenvalue weighted by atomic mass is 10.1. The topological polar surface area (TPSA) is 105 Å². The molecule has 1 aliphatic rings. The summed E-state index contributed by atoms with van der Waals surface area (Å²) in [5.41, 5.74) is -0.719. The number of carbonyl (C=O) groups is 2. The van der Waals surface area contributed by atoms with E-state index in [1.165, 1.54) is 35.2 Å². The smallest absolute Gasteiger partial charge is 0.418 e. The predicted molar refractivity (Wildman–Crippen MR) is 116 cm³/mol. The summed E-state index contributed by atoms with van der Waals surface area (Å²) in [4.78, 5) is 38.5. The average Bonchev–Trinajstić information content (AvgIpc) is 2.77. The molecule has 0 radical (unpaired) electrons. The van der Waals surface area contributed by atoms with Crippen LogP contribution in [-0.4, -0.2) is 65.9 Å². The van der Waals surface area contributed by atoms with Gasteiger partial charge in [-0.25, -0.2) is 0 Å². The zero-order valence-corrected chi connectivity index (χ0v) is 18.3. The second-order valence-electron chi connectivity index (χ2n) is 7.77. The van der Waals surface area contributed by atoms with E-state index in [1.807, 2.05) is 0 Å². The summed E-state index contributed by atoms with van der Waals surface area (Å²) in [5, 5.41) is 13.4. The first-order valence-electron chi connectivity index (χ1n) is 10.4. The van der Waals surface area contributed by atoms with E-state index in [9.17, 15) is 32.9 Å². The Bertz CT molecular complexity index is 1070. The van der Waals surface area contributed by atoms with Crippen molar-refractivity contribution in [3.63, 3.8) is 0 Å². The molecule has 3 rings (SSSR count). The number of nitrogens with zero attached hydrogens (tertiary/aromatic N) is 3. The molecule has 1 aliphatic heterocycles. The first kappa shape index (κ1) is 25.0. The standard InChI is InChI=1S/C22H23F3N4O5/c1-15-6-7-18(29(32)33)19(12-15)34-14-21(31)28-10-8-27(9-11-28)13-20(30)26-17-5-3-2-4-16(17)22(23,24)25/h2-7,12H,8-11,13-14H2,1H3,(H,26,30). The number of amides is 2. The summed E-state index contributed by atoms with van der Waals surface area (Å²) >= 11 is 0. The first-order valence-corrected chi connectivity index (χ1v) is 10.4. The van der Waals surface area contributed by atoms with Crippen LogP contribution in [0.5, 0.6) is 5.75 Å². The molecule has 0 spiro atoms. The van der Waals surface area contributed by atoms with Crippen LogP contribution in [0, 0.1) is 17.0 Å². The molecule has 182 valence electrons. The number of nitro benzene ring substituents is 1. The minimum absolute atomic E-state index is 0.00722. The van der Waals surface area contributed by atoms with Gasteiger partial charge < -0.3 is 15.0 Å². The van der Waals surface area contributed by atoms with Crippen molar-refractivity contribution in [3.05, 3.63) is 63.7 Å². The number of carbonyl (C=O) groups excluding carboxylic acids is 2. The van der Waals surface area contributed by atoms with Gasteiger partial charge in [-0.15, -0.1) is 0 Å². The number of hydrogen-bond acceptors (Lipinski definition) is 6. The number of anilines is 1. The van der Waals surface area contributed by atoms with E-state index in [4.69, 9.17) is 4.74 Å². The predicted octanol–water partition coefficient (Wildman–Crippen LogP) is 3.08. The van der Waals surface area contributed by atoms with Crippen LogP contribution in [0.1, 0.15) is 11.1 Å². The Morgan fingerprint density at radius 2 is 1.79 bits per heavy atom. The Kier molecular flexibility index (Phi) is 7.72. The number of hydrogen-bond donors (Lipinski definition) is 1. The summed E-state index contributed by atoms with van der Waals surface area (Å²) in [6.07, 6.45) is -4.59. The van der Waals surface area contributed by atoms with Gasteiger partial charge in [0.2, 0.25) is 5.91 Å². The number of ether oxygens (including phenoxy) is 1. The fourth-order valence-corrected chi connectivity index (χ4v) is 3.51. The van der Waals surface area contributed by atoms with Gasteiger partial charge in [-0.2, -0.15) is 13.2 Å². The Morgan fingerprint density at radius 3 is 2.44 bits per heavy atom. The molecular formula is C22H23F3N4O5. The number of alkyl halides is 3. The van der Waals surface area contributed by atoms with Gasteiger partial charge in [0.05, 0.1) is 22.7 Å². The van der Waals surface area contributed by atoms with Crippen molar-refractivity contribution in [2.75, 3.05) is 44.6 Å². The summed E-state index contributed by atoms with van der Waals surface area (Å²) in [5.74, 6) is -0.946. The average molecular weight is 480 g/mol. The maximum atomic E-state index is 13.1. The molecule has 0 atom stereocenters. The molecule has 12 heteroatoms. The molecule has 9 nitrogen and oxygen atoms in total. The molecule has 1 heterocycles. The number of piperazine rings is 1. The molecule has 0 unspecified atom stereocenters. The van der Waals surface area contributed by atoms with Gasteiger partial charge in [-0.05, 0) is 30.7 Å². The number of para-hydroxylation sites is 1. The number of nitro groups is 1. The van der Waals surface area contributed by atoms with E-state index >= 15 is 0 Å². The van der Waals surface area contributed by atoms with Crippen molar-refractivity contribution in [1.82, 2.24) is 9.80 Å². The fourth-order valence-electron chi connectivity index (χ4n) is 3.51. The van der Waals surface area contributed by atoms with Crippen molar-refractivity contribution in [1.29, 1.82) is 0 Å². The summed E-state index contributed by atoms with van der Waals surface area (Å²) < 4.78 is 44.6. The molecule has 34 heavy (non-hydrogen) atoms. The van der Waals surface area contributed by atoms with Gasteiger partial charge in [0.1, 0.15) is 0 Å². The lowest BCUT2D eigenvalue weighted by Gasteiger charge is -2.34. The zero-order chi connectivity index (χ0) is 24.9. The second kappa shape index (κ2) is 10.5. The monoisotopic (exact) mass is 480 g/mol. The molecule has 0 saturated carbocycles. The van der Waals surface area contributed by atoms with E-state index in [2.05, 4.69) is 5.32 Å². The van der Waals surface area contributed by atoms with Gasteiger partial charge in [-0.1, -0.05) is 18.2 Å². The summed E-state index contributed by atoms with van der Waals surface area (Å²) in [6, 6.07) is 9.11. The normalized spacial score (nSPS) is 14.5. The Hall–Kier alpha value is -3.67. The van der Waals surface area contributed by atoms with Crippen LogP contribution >= 0.6 is 0 Å². The summed E-state index contributed by atoms with van der Waals surface area (Å²) in [7, 11) is 0. The van der Waals surface area contributed by atoms with E-state index in [-0.39, 0.29) is 49.3 Å². The van der Waals surface area contributed by atoms with Crippen molar-refractivity contribution < 1.29 is 32.4 Å². The van der Waals surface area contributed by atoms with Crippen molar-refractivity contribution in [2.45, 2.75) is 13.1 Å². The van der Waals surface area contributed by atoms with Crippen molar-refractivity contribution in [2.24, 2.45) is 0 Å². The van der Waals surface area contributed by atoms with Crippen LogP contribution in [0.25, 0.3) is 0 Å². The van der Waals surface area contributed by atoms with E-state index < -0.39 is 22.6 Å². The summed E-state index contributed by atoms with van der Waals surface area (Å²) in [6.45, 7) is 2.49. The zero-order valence-electron chi connectivity index (χ0n) is 18.3. The van der Waals surface area contributed by atoms with E-state index in [1.54, 1.807) is 17.9 Å². The van der Waals surface area contributed by atoms with Gasteiger partial charge in [-0.3, -0.25) is 24.6 Å². The third-order valence-corrected chi connectivity index (χ3v) is 5.26. The minimum Gasteiger partial charge on any atom is -0.477 e. The number of nitrogens with one attached hydrogen (secondary N) is 1. The van der Waals surface area contributed by atoms with Gasteiger partial charge in [0, 0.05) is 32.2 Å². The van der Waals surface area contributed by atoms with Crippen molar-refractivity contribution >= 4 is 23.2 Å². The third kappa shape index (κ3) is 6.44. The highest BCUT2D eigenvalue weighted by molar-refractivity contribution is 5.93. The molecule has 0 aromatic heterocycles. The third-order valence-electron chi connectivity index (χ3n) is 5.26. The highest BCUT2D eigenvalue weighted by atomic mass is 19.4. The molecule has 0 aliphatic carbocycles. The molecule has 2 aromatic carbocycles. The molecular weight excluding hydrogens is 457 g/mol. The number of rotatable bonds is 7. The minimum atomic E-state index is -4.59. The molecule has 0 bridgehead atoms. The molecule has 2 amide bonds. The van der Waals surface area contributed by atoms with Crippen LogP contribution in [0.2, 0.25) is 0 Å². The largest absolute Gasteiger partial charge is 0.477 e. The van der Waals surface area contributed by atoms with Crippen LogP contribution in [0.4, 0.5) is 24.5 Å². The van der Waals surface area contributed by atoms with Crippen LogP contribution < -0.4 is 10.1 Å². The maximum absolute atomic E-state index is 13.1. The molecule has 1 N–H and O–H groups in total. The Morgan fingerprint density at radius 1 is 1.12 bits per heavy atom. The van der Waals surface area contributed by atoms with Crippen LogP contribution in [-0.2, 0) is 15.8 Å². The molecule has 1 fully saturated rings. The second-order valence-corrected chi connectivity index (χ2v) is 7.77. The lowest BCUT2D eigenvalue weighted by Crippen LogP contribution is -2.51. The SMILES string of the molecule is Cc1ccc([N+](=O)[O-])c(OCC(=O)N2CCN(CC(=O)Nc3ccccc3C(F)(F)F)CC2)c1. The molecule has 2 aromatic rings. The van der Waals surface area contributed by atoms with Crippen molar-refractivity contribution in [3.8, 4) is 5.75 Å². The first-order chi connectivity index (χ1) is 16.0. The van der Waals surface area contributed by atoms with E-state index in [0.29, 0.717) is 13.1 Å². The fraction of sp³-hybridized carbons (Fsp3) is 0.364. The highest BCUT2D eigenvalue weighted by Gasteiger charge is 2.33. The van der Waals surface area contributed by atoms with Crippen LogP contribution in [0.15, 0.2) is 42.5 Å². The number of benzene rings is 2. The number of halogens is 3. The van der Waals surface area contributed by atoms with Gasteiger partial charge in [0.15, 0.2) is 12.4 Å². The van der Waals surface area contributed by atoms with Gasteiger partial charge in [0.25, 0.3) is 5.91 Å². The van der Waals surface area contributed by atoms with E-state index in [0.717, 1.165) is 11.6 Å². The Labute approximate surface area is 193 Å². The number of aryl methyl sites for hydroxylation is 1. The maximum Gasteiger partial charge on any atom is 0.418 e. The van der Waals surface area contributed by atoms with Gasteiger partial charge >= 0.3 is 11.9 Å². The highest BCUT2D eigenvalue weighted by Crippen LogP contribution is 2.34. The Balaban J connectivity index is 1.48. The lowest BCUT2D eigenvalue weighted by molar-refractivity contribution is -0.385. The molecule has 1 saturated heterocycles.